The molecule has 0 aromatic heterocycles. The second-order valence-corrected chi connectivity index (χ2v) is 6.74. The number of rotatable bonds is 8. The topological polar surface area (TPSA) is 61.4 Å². The Morgan fingerprint density at radius 3 is 2.11 bits per heavy atom. The van der Waals surface area contributed by atoms with E-state index in [1.54, 1.807) is 11.9 Å². The summed E-state index contributed by atoms with van der Waals surface area (Å²) in [6, 6.07) is 13.8. The van der Waals surface area contributed by atoms with E-state index in [1.165, 1.54) is 0 Å². The van der Waals surface area contributed by atoms with Gasteiger partial charge in [-0.15, -0.1) is 0 Å². The normalized spacial score (nSPS) is 10.7. The summed E-state index contributed by atoms with van der Waals surface area (Å²) in [6.07, 6.45) is 1.71. The van der Waals surface area contributed by atoms with Gasteiger partial charge in [0.2, 0.25) is 11.8 Å². The molecule has 0 bridgehead atoms. The van der Waals surface area contributed by atoms with Crippen LogP contribution in [0.2, 0.25) is 0 Å². The van der Waals surface area contributed by atoms with Crippen LogP contribution in [-0.2, 0) is 22.4 Å². The van der Waals surface area contributed by atoms with Crippen molar-refractivity contribution in [1.29, 1.82) is 0 Å². The molecule has 0 aliphatic heterocycles. The van der Waals surface area contributed by atoms with E-state index in [1.807, 2.05) is 49.4 Å². The van der Waals surface area contributed by atoms with Gasteiger partial charge in [-0.1, -0.05) is 50.2 Å². The van der Waals surface area contributed by atoms with Gasteiger partial charge in [-0.2, -0.15) is 0 Å². The number of para-hydroxylation sites is 2. The Kier molecular flexibility index (Phi) is 7.55. The zero-order chi connectivity index (χ0) is 19.8. The predicted octanol–water partition coefficient (Wildman–Crippen LogP) is 3.63. The van der Waals surface area contributed by atoms with E-state index in [0.29, 0.717) is 0 Å². The van der Waals surface area contributed by atoms with E-state index in [9.17, 15) is 9.59 Å². The molecule has 0 spiro atoms. The van der Waals surface area contributed by atoms with Crippen molar-refractivity contribution in [3.05, 3.63) is 59.2 Å². The Labute approximate surface area is 161 Å². The lowest BCUT2D eigenvalue weighted by atomic mass is 10.1. The largest absolute Gasteiger partial charge is 0.325 e. The lowest BCUT2D eigenvalue weighted by Crippen LogP contribution is -2.36. The molecule has 0 aliphatic rings. The minimum atomic E-state index is -0.128. The van der Waals surface area contributed by atoms with Gasteiger partial charge >= 0.3 is 0 Å². The monoisotopic (exact) mass is 367 g/mol. The predicted molar refractivity (Wildman–Crippen MR) is 111 cm³/mol. The third-order valence-electron chi connectivity index (χ3n) is 4.50. The molecule has 2 aromatic carbocycles. The first-order chi connectivity index (χ1) is 12.9. The van der Waals surface area contributed by atoms with Gasteiger partial charge in [0, 0.05) is 11.4 Å². The summed E-state index contributed by atoms with van der Waals surface area (Å²) in [5, 5.41) is 5.92. The molecule has 2 rings (SSSR count). The Bertz CT molecular complexity index is 802. The van der Waals surface area contributed by atoms with Crippen LogP contribution in [0.4, 0.5) is 11.4 Å². The summed E-state index contributed by atoms with van der Waals surface area (Å²) in [5.74, 6) is -0.250. The van der Waals surface area contributed by atoms with Gasteiger partial charge in [-0.3, -0.25) is 14.5 Å². The fourth-order valence-electron chi connectivity index (χ4n) is 3.07. The molecular weight excluding hydrogens is 338 g/mol. The average molecular weight is 367 g/mol. The highest BCUT2D eigenvalue weighted by Gasteiger charge is 2.14. The van der Waals surface area contributed by atoms with Crippen molar-refractivity contribution in [2.75, 3.05) is 30.8 Å². The zero-order valence-electron chi connectivity index (χ0n) is 16.6. The zero-order valence-corrected chi connectivity index (χ0v) is 16.6. The van der Waals surface area contributed by atoms with Crippen LogP contribution in [0.5, 0.6) is 0 Å². The van der Waals surface area contributed by atoms with E-state index < -0.39 is 0 Å². The number of hydrogen-bond donors (Lipinski definition) is 2. The second kappa shape index (κ2) is 9.88. The van der Waals surface area contributed by atoms with Gasteiger partial charge < -0.3 is 10.6 Å². The molecule has 27 heavy (non-hydrogen) atoms. The van der Waals surface area contributed by atoms with E-state index in [2.05, 4.69) is 24.5 Å². The Hall–Kier alpha value is -2.66. The average Bonchev–Trinajstić information content (AvgIpc) is 2.63. The maximum atomic E-state index is 12.4. The molecule has 0 unspecified atom stereocenters. The standard InChI is InChI=1S/C22H29N3O2/c1-5-17-11-7-8-13-19(17)23-20(26)14-25(4)15-21(27)24-22-16(3)10-9-12-18(22)6-2/h7-13H,5-6,14-15H2,1-4H3,(H,23,26)(H,24,27). The third-order valence-corrected chi connectivity index (χ3v) is 4.50. The van der Waals surface area contributed by atoms with E-state index >= 15 is 0 Å². The highest BCUT2D eigenvalue weighted by atomic mass is 16.2. The van der Waals surface area contributed by atoms with Gasteiger partial charge in [0.25, 0.3) is 0 Å². The van der Waals surface area contributed by atoms with Gasteiger partial charge in [0.05, 0.1) is 13.1 Å². The number of likely N-dealkylation sites (N-methyl/N-ethyl adjacent to an activating group) is 1. The van der Waals surface area contributed by atoms with E-state index in [4.69, 9.17) is 0 Å². The highest BCUT2D eigenvalue weighted by molar-refractivity contribution is 5.95. The maximum Gasteiger partial charge on any atom is 0.238 e. The molecule has 2 amide bonds. The number of amides is 2. The van der Waals surface area contributed by atoms with Gasteiger partial charge in [0.1, 0.15) is 0 Å². The van der Waals surface area contributed by atoms with Crippen molar-refractivity contribution in [3.63, 3.8) is 0 Å². The maximum absolute atomic E-state index is 12.4. The molecule has 5 nitrogen and oxygen atoms in total. The smallest absolute Gasteiger partial charge is 0.238 e. The van der Waals surface area contributed by atoms with Gasteiger partial charge in [-0.05, 0) is 49.6 Å². The summed E-state index contributed by atoms with van der Waals surface area (Å²) in [6.45, 7) is 6.41. The quantitative estimate of drug-likeness (QED) is 0.749. The molecule has 144 valence electrons. The van der Waals surface area contributed by atoms with Crippen molar-refractivity contribution in [1.82, 2.24) is 4.90 Å². The van der Waals surface area contributed by atoms with Crippen LogP contribution >= 0.6 is 0 Å². The lowest BCUT2D eigenvalue weighted by molar-refractivity contribution is -0.119. The minimum Gasteiger partial charge on any atom is -0.325 e. The third kappa shape index (κ3) is 5.93. The molecule has 0 aliphatic carbocycles. The SMILES string of the molecule is CCc1ccccc1NC(=O)CN(C)CC(=O)Nc1c(C)cccc1CC. The molecule has 0 saturated heterocycles. The first kappa shape index (κ1) is 20.6. The van der Waals surface area contributed by atoms with Crippen molar-refractivity contribution in [3.8, 4) is 0 Å². The summed E-state index contributed by atoms with van der Waals surface area (Å²) in [4.78, 5) is 26.4. The number of nitrogens with zero attached hydrogens (tertiary/aromatic N) is 1. The van der Waals surface area contributed by atoms with Crippen LogP contribution in [0, 0.1) is 6.92 Å². The molecule has 0 fully saturated rings. The van der Waals surface area contributed by atoms with E-state index in [0.717, 1.165) is 40.9 Å². The molecule has 2 N–H and O–H groups in total. The van der Waals surface area contributed by atoms with Crippen molar-refractivity contribution in [2.45, 2.75) is 33.6 Å². The van der Waals surface area contributed by atoms with E-state index in [-0.39, 0.29) is 24.9 Å². The summed E-state index contributed by atoms with van der Waals surface area (Å²) >= 11 is 0. The van der Waals surface area contributed by atoms with Crippen LogP contribution in [0.25, 0.3) is 0 Å². The van der Waals surface area contributed by atoms with Gasteiger partial charge in [-0.25, -0.2) is 0 Å². The van der Waals surface area contributed by atoms with Crippen molar-refractivity contribution in [2.24, 2.45) is 0 Å². The lowest BCUT2D eigenvalue weighted by Gasteiger charge is -2.18. The second-order valence-electron chi connectivity index (χ2n) is 6.74. The van der Waals surface area contributed by atoms with Crippen LogP contribution < -0.4 is 10.6 Å². The van der Waals surface area contributed by atoms with Crippen LogP contribution in [-0.4, -0.2) is 36.9 Å². The van der Waals surface area contributed by atoms with Crippen molar-refractivity contribution < 1.29 is 9.59 Å². The first-order valence-electron chi connectivity index (χ1n) is 9.39. The highest BCUT2D eigenvalue weighted by Crippen LogP contribution is 2.21. The number of carbonyl (C=O) groups is 2. The fraction of sp³-hybridized carbons (Fsp3) is 0.364. The van der Waals surface area contributed by atoms with Crippen LogP contribution in [0.1, 0.15) is 30.5 Å². The summed E-state index contributed by atoms with van der Waals surface area (Å²) in [5.41, 5.74) is 4.95. The molecule has 5 heteroatoms. The first-order valence-corrected chi connectivity index (χ1v) is 9.39. The molecule has 0 heterocycles. The summed E-state index contributed by atoms with van der Waals surface area (Å²) < 4.78 is 0. The Morgan fingerprint density at radius 2 is 1.44 bits per heavy atom. The number of benzene rings is 2. The fourth-order valence-corrected chi connectivity index (χ4v) is 3.07. The molecular formula is C22H29N3O2. The van der Waals surface area contributed by atoms with Gasteiger partial charge in [0.15, 0.2) is 0 Å². The summed E-state index contributed by atoms with van der Waals surface area (Å²) in [7, 11) is 1.77. The number of aryl methyl sites for hydroxylation is 3. The minimum absolute atomic E-state index is 0.122. The number of nitrogens with one attached hydrogen (secondary N) is 2. The molecule has 0 radical (unpaired) electrons. The number of hydrogen-bond acceptors (Lipinski definition) is 3. The molecule has 2 aromatic rings. The Morgan fingerprint density at radius 1 is 0.852 bits per heavy atom. The van der Waals surface area contributed by atoms with Crippen LogP contribution in [0.15, 0.2) is 42.5 Å². The Balaban J connectivity index is 1.90. The van der Waals surface area contributed by atoms with Crippen LogP contribution in [0.3, 0.4) is 0 Å². The number of carbonyl (C=O) groups excluding carboxylic acids is 2. The number of anilines is 2. The van der Waals surface area contributed by atoms with Crippen molar-refractivity contribution >= 4 is 23.2 Å². The molecule has 0 saturated carbocycles. The molecule has 0 atom stereocenters.